The van der Waals surface area contributed by atoms with Crippen molar-refractivity contribution in [1.29, 1.82) is 0 Å². The Labute approximate surface area is 139 Å². The lowest BCUT2D eigenvalue weighted by Gasteiger charge is -2.34. The van der Waals surface area contributed by atoms with Gasteiger partial charge in [-0.1, -0.05) is 6.08 Å². The molecule has 0 bridgehead atoms. The molecule has 1 N–H and O–H groups in total. The molecule has 122 valence electrons. The van der Waals surface area contributed by atoms with Gasteiger partial charge in [0.1, 0.15) is 12.1 Å². The first-order valence-electron chi connectivity index (χ1n) is 7.71. The smallest absolute Gasteiger partial charge is 0.173 e. The number of nitrogens with zero attached hydrogens (tertiary/aromatic N) is 3. The summed E-state index contributed by atoms with van der Waals surface area (Å²) in [5, 5.41) is 6.83. The van der Waals surface area contributed by atoms with E-state index >= 15 is 0 Å². The van der Waals surface area contributed by atoms with Crippen molar-refractivity contribution in [2.75, 3.05) is 23.7 Å². The van der Waals surface area contributed by atoms with Gasteiger partial charge in [-0.2, -0.15) is 0 Å². The van der Waals surface area contributed by atoms with Crippen molar-refractivity contribution >= 4 is 37.2 Å². The van der Waals surface area contributed by atoms with Crippen molar-refractivity contribution < 1.29 is 8.42 Å². The van der Waals surface area contributed by atoms with Gasteiger partial charge in [-0.15, -0.1) is 11.3 Å². The third-order valence-electron chi connectivity index (χ3n) is 4.40. The highest BCUT2D eigenvalue weighted by molar-refractivity contribution is 7.94. The molecular formula is C15H18N4O2S2. The van der Waals surface area contributed by atoms with Crippen LogP contribution in [0.25, 0.3) is 10.2 Å². The average molecular weight is 350 g/mol. The van der Waals surface area contributed by atoms with E-state index in [-0.39, 0.29) is 11.8 Å². The molecule has 0 aromatic carbocycles. The molecule has 1 saturated heterocycles. The molecule has 0 saturated carbocycles. The topological polar surface area (TPSA) is 75.2 Å². The van der Waals surface area contributed by atoms with Gasteiger partial charge in [-0.25, -0.2) is 18.4 Å². The SMILES string of the molecule is O=S1(=O)C=C[C@H](NC2CCN(c3ncnc4ccsc34)CC2)C1. The number of sulfone groups is 1. The summed E-state index contributed by atoms with van der Waals surface area (Å²) in [5.74, 6) is 1.21. The summed E-state index contributed by atoms with van der Waals surface area (Å²) in [4.78, 5) is 11.1. The first kappa shape index (κ1) is 15.0. The largest absolute Gasteiger partial charge is 0.355 e. The fraction of sp³-hybridized carbons (Fsp3) is 0.467. The Morgan fingerprint density at radius 2 is 2.09 bits per heavy atom. The number of fused-ring (bicyclic) bond motifs is 1. The molecule has 2 aromatic rings. The Bertz CT molecular complexity index is 838. The van der Waals surface area contributed by atoms with Crippen molar-refractivity contribution in [2.24, 2.45) is 0 Å². The van der Waals surface area contributed by atoms with Crippen LogP contribution in [0.4, 0.5) is 5.82 Å². The number of hydrogen-bond acceptors (Lipinski definition) is 7. The zero-order valence-corrected chi connectivity index (χ0v) is 14.2. The Kier molecular flexibility index (Phi) is 3.82. The van der Waals surface area contributed by atoms with Crippen molar-refractivity contribution in [1.82, 2.24) is 15.3 Å². The maximum absolute atomic E-state index is 11.5. The zero-order valence-electron chi connectivity index (χ0n) is 12.6. The van der Waals surface area contributed by atoms with Crippen LogP contribution in [0, 0.1) is 0 Å². The molecule has 0 amide bonds. The van der Waals surface area contributed by atoms with Crippen LogP contribution in [0.2, 0.25) is 0 Å². The third kappa shape index (κ3) is 3.11. The number of hydrogen-bond donors (Lipinski definition) is 1. The summed E-state index contributed by atoms with van der Waals surface area (Å²) in [5.41, 5.74) is 1.00. The molecule has 1 fully saturated rings. The Morgan fingerprint density at radius 3 is 2.83 bits per heavy atom. The summed E-state index contributed by atoms with van der Waals surface area (Å²) in [6, 6.07) is 2.33. The lowest BCUT2D eigenvalue weighted by molar-refractivity contribution is 0.400. The quantitative estimate of drug-likeness (QED) is 0.905. The molecule has 8 heteroatoms. The van der Waals surface area contributed by atoms with Gasteiger partial charge in [-0.05, 0) is 24.3 Å². The van der Waals surface area contributed by atoms with Crippen LogP contribution < -0.4 is 10.2 Å². The van der Waals surface area contributed by atoms with Gasteiger partial charge in [0.15, 0.2) is 9.84 Å². The van der Waals surface area contributed by atoms with Crippen LogP contribution in [-0.2, 0) is 9.84 Å². The van der Waals surface area contributed by atoms with Gasteiger partial charge in [0.05, 0.1) is 16.0 Å². The molecule has 2 aromatic heterocycles. The lowest BCUT2D eigenvalue weighted by Crippen LogP contribution is -2.46. The maximum Gasteiger partial charge on any atom is 0.173 e. The molecule has 0 aliphatic carbocycles. The average Bonchev–Trinajstić information content (AvgIpc) is 3.14. The second-order valence-corrected chi connectivity index (χ2v) is 8.87. The monoisotopic (exact) mass is 350 g/mol. The van der Waals surface area contributed by atoms with Crippen molar-refractivity contribution in [2.45, 2.75) is 24.9 Å². The number of nitrogens with one attached hydrogen (secondary N) is 1. The molecule has 4 heterocycles. The van der Waals surface area contributed by atoms with E-state index in [2.05, 4.69) is 20.2 Å². The minimum absolute atomic E-state index is 0.0420. The summed E-state index contributed by atoms with van der Waals surface area (Å²) >= 11 is 1.68. The zero-order chi connectivity index (χ0) is 15.9. The summed E-state index contributed by atoms with van der Waals surface area (Å²) < 4.78 is 24.1. The fourth-order valence-electron chi connectivity index (χ4n) is 3.24. The van der Waals surface area contributed by atoms with Crippen LogP contribution >= 0.6 is 11.3 Å². The molecule has 0 radical (unpaired) electrons. The van der Waals surface area contributed by atoms with Gasteiger partial charge in [0.25, 0.3) is 0 Å². The molecule has 0 spiro atoms. The van der Waals surface area contributed by atoms with E-state index < -0.39 is 9.84 Å². The Balaban J connectivity index is 1.40. The maximum atomic E-state index is 11.5. The third-order valence-corrected chi connectivity index (χ3v) is 6.69. The van der Waals surface area contributed by atoms with Crippen LogP contribution in [0.5, 0.6) is 0 Å². The minimum Gasteiger partial charge on any atom is -0.355 e. The van der Waals surface area contributed by atoms with Gasteiger partial charge in [0, 0.05) is 30.6 Å². The molecule has 2 aliphatic rings. The molecular weight excluding hydrogens is 332 g/mol. The highest BCUT2D eigenvalue weighted by Gasteiger charge is 2.27. The summed E-state index contributed by atoms with van der Waals surface area (Å²) in [6.07, 6.45) is 5.37. The molecule has 0 unspecified atom stereocenters. The van der Waals surface area contributed by atoms with Crippen molar-refractivity contribution in [3.63, 3.8) is 0 Å². The Hall–Kier alpha value is -1.51. The first-order valence-corrected chi connectivity index (χ1v) is 10.3. The number of anilines is 1. The number of rotatable bonds is 3. The van der Waals surface area contributed by atoms with Crippen molar-refractivity contribution in [3.8, 4) is 0 Å². The predicted molar refractivity (Wildman–Crippen MR) is 92.5 cm³/mol. The molecule has 6 nitrogen and oxygen atoms in total. The van der Waals surface area contributed by atoms with E-state index in [0.29, 0.717) is 6.04 Å². The normalized spacial score (nSPS) is 24.5. The highest BCUT2D eigenvalue weighted by atomic mass is 32.2. The van der Waals surface area contributed by atoms with Gasteiger partial charge < -0.3 is 10.2 Å². The van der Waals surface area contributed by atoms with E-state index in [0.717, 1.165) is 42.0 Å². The van der Waals surface area contributed by atoms with E-state index in [1.165, 1.54) is 5.41 Å². The van der Waals surface area contributed by atoms with Crippen LogP contribution in [0.15, 0.2) is 29.3 Å². The second kappa shape index (κ2) is 5.85. The van der Waals surface area contributed by atoms with Crippen molar-refractivity contribution in [3.05, 3.63) is 29.3 Å². The highest BCUT2D eigenvalue weighted by Crippen LogP contribution is 2.29. The number of piperidine rings is 1. The van der Waals surface area contributed by atoms with Gasteiger partial charge in [-0.3, -0.25) is 0 Å². The predicted octanol–water partition coefficient (Wildman–Crippen LogP) is 1.56. The fourth-order valence-corrected chi connectivity index (χ4v) is 5.35. The van der Waals surface area contributed by atoms with E-state index in [9.17, 15) is 8.42 Å². The second-order valence-electron chi connectivity index (χ2n) is 6.02. The van der Waals surface area contributed by atoms with Gasteiger partial charge >= 0.3 is 0 Å². The van der Waals surface area contributed by atoms with Gasteiger partial charge in [0.2, 0.25) is 0 Å². The molecule has 1 atom stereocenters. The Morgan fingerprint density at radius 1 is 1.26 bits per heavy atom. The lowest BCUT2D eigenvalue weighted by atomic mass is 10.0. The molecule has 4 rings (SSSR count). The van der Waals surface area contributed by atoms with Crippen LogP contribution in [-0.4, -0.2) is 49.3 Å². The van der Waals surface area contributed by atoms with E-state index in [1.54, 1.807) is 23.7 Å². The van der Waals surface area contributed by atoms with E-state index in [4.69, 9.17) is 0 Å². The number of aromatic nitrogens is 2. The molecule has 23 heavy (non-hydrogen) atoms. The summed E-state index contributed by atoms with van der Waals surface area (Å²) in [7, 11) is -2.99. The van der Waals surface area contributed by atoms with Crippen LogP contribution in [0.3, 0.4) is 0 Å². The number of thiophene rings is 1. The molecule has 2 aliphatic heterocycles. The standard InChI is InChI=1S/C15H18N4O2S2/c20-23(21)8-4-12(9-23)18-11-1-5-19(6-2-11)15-14-13(3-7-22-14)16-10-17-15/h3-4,7-8,10-12,18H,1-2,5-6,9H2/t12-/m0/s1. The van der Waals surface area contributed by atoms with E-state index in [1.807, 2.05) is 11.4 Å². The summed E-state index contributed by atoms with van der Waals surface area (Å²) in [6.45, 7) is 1.84. The first-order chi connectivity index (χ1) is 11.1. The minimum atomic E-state index is -2.99. The van der Waals surface area contributed by atoms with Crippen LogP contribution in [0.1, 0.15) is 12.8 Å².